The summed E-state index contributed by atoms with van der Waals surface area (Å²) in [6, 6.07) is 12.4. The highest BCUT2D eigenvalue weighted by Gasteiger charge is 2.49. The van der Waals surface area contributed by atoms with Gasteiger partial charge in [-0.25, -0.2) is 9.78 Å². The molecule has 3 aromatic rings. The lowest BCUT2D eigenvalue weighted by atomic mass is 10.1. The van der Waals surface area contributed by atoms with Gasteiger partial charge in [-0.05, 0) is 42.0 Å². The number of rotatable bonds is 8. The molecule has 13 heteroatoms. The second-order valence-electron chi connectivity index (χ2n) is 6.61. The van der Waals surface area contributed by atoms with Crippen LogP contribution < -0.4 is 13.7 Å². The van der Waals surface area contributed by atoms with E-state index in [0.717, 1.165) is 17.7 Å². The third kappa shape index (κ3) is 5.69. The van der Waals surface area contributed by atoms with Gasteiger partial charge in [0.25, 0.3) is 0 Å². The van der Waals surface area contributed by atoms with Gasteiger partial charge in [0.05, 0.1) is 12.1 Å². The van der Waals surface area contributed by atoms with Crippen LogP contribution in [0.5, 0.6) is 17.2 Å². The number of carbonyl (C=O) groups is 1. The van der Waals surface area contributed by atoms with E-state index in [-0.39, 0.29) is 22.9 Å². The summed E-state index contributed by atoms with van der Waals surface area (Å²) in [5.74, 6) is -1.60. The number of aromatic nitrogens is 1. The molecular weight excluding hydrogens is 503 g/mol. The van der Waals surface area contributed by atoms with Crippen LogP contribution in [0, 0.1) is 0 Å². The van der Waals surface area contributed by atoms with Crippen molar-refractivity contribution in [2.24, 2.45) is 0 Å². The van der Waals surface area contributed by atoms with Crippen molar-refractivity contribution in [2.45, 2.75) is 12.1 Å². The molecule has 0 aliphatic rings. The topological polar surface area (TPSA) is 112 Å². The minimum atomic E-state index is -6.04. The van der Waals surface area contributed by atoms with E-state index in [2.05, 4.69) is 9.17 Å². The molecule has 1 aromatic heterocycles. The van der Waals surface area contributed by atoms with Crippen molar-refractivity contribution < 1.29 is 45.1 Å². The smallest absolute Gasteiger partial charge is 0.497 e. The molecule has 180 valence electrons. The average molecular weight is 518 g/mol. The highest BCUT2D eigenvalue weighted by molar-refractivity contribution is 7.88. The maximum atomic E-state index is 12.8. The standard InChI is InChI=1S/C21H15ClF3NO7S/c1-31-14-5-2-12(3-6-14)11-32-18-10-13(4-7-15(18)22)19-17(9-8-16(26-19)20(27)28)33-34(29,30)21(23,24)25/h2-10H,11H2,1H3,(H,27,28). The predicted molar refractivity (Wildman–Crippen MR) is 115 cm³/mol. The fourth-order valence-electron chi connectivity index (χ4n) is 2.65. The van der Waals surface area contributed by atoms with Crippen molar-refractivity contribution in [1.82, 2.24) is 4.98 Å². The lowest BCUT2D eigenvalue weighted by Crippen LogP contribution is -2.28. The van der Waals surface area contributed by atoms with Gasteiger partial charge in [0.15, 0.2) is 5.75 Å². The van der Waals surface area contributed by atoms with Gasteiger partial charge in [-0.1, -0.05) is 29.8 Å². The van der Waals surface area contributed by atoms with Gasteiger partial charge < -0.3 is 18.8 Å². The number of aromatic carboxylic acids is 1. The van der Waals surface area contributed by atoms with Crippen LogP contribution in [0.15, 0.2) is 54.6 Å². The Morgan fingerprint density at radius 3 is 2.32 bits per heavy atom. The van der Waals surface area contributed by atoms with E-state index in [1.807, 2.05) is 0 Å². The first kappa shape index (κ1) is 25.1. The molecule has 34 heavy (non-hydrogen) atoms. The molecule has 0 fully saturated rings. The van der Waals surface area contributed by atoms with Crippen LogP contribution in [0.4, 0.5) is 13.2 Å². The van der Waals surface area contributed by atoms with Gasteiger partial charge in [-0.15, -0.1) is 0 Å². The maximum absolute atomic E-state index is 12.8. The maximum Gasteiger partial charge on any atom is 0.534 e. The monoisotopic (exact) mass is 517 g/mol. The Bertz CT molecular complexity index is 1310. The highest BCUT2D eigenvalue weighted by atomic mass is 35.5. The van der Waals surface area contributed by atoms with E-state index >= 15 is 0 Å². The molecule has 8 nitrogen and oxygen atoms in total. The first-order chi connectivity index (χ1) is 15.9. The first-order valence-corrected chi connectivity index (χ1v) is 11.0. The fourth-order valence-corrected chi connectivity index (χ4v) is 3.29. The molecule has 0 bridgehead atoms. The second kappa shape index (κ2) is 9.77. The first-order valence-electron chi connectivity index (χ1n) is 9.22. The van der Waals surface area contributed by atoms with Crippen LogP contribution in [-0.4, -0.2) is 37.1 Å². The van der Waals surface area contributed by atoms with E-state index in [1.54, 1.807) is 24.3 Å². The summed E-state index contributed by atoms with van der Waals surface area (Å²) in [4.78, 5) is 15.1. The summed E-state index contributed by atoms with van der Waals surface area (Å²) in [6.07, 6.45) is 0. The van der Waals surface area contributed by atoms with Gasteiger partial charge in [0.2, 0.25) is 0 Å². The molecule has 2 aromatic carbocycles. The number of benzene rings is 2. The summed E-state index contributed by atoms with van der Waals surface area (Å²) in [7, 11) is -4.52. The highest BCUT2D eigenvalue weighted by Crippen LogP contribution is 2.37. The molecule has 0 unspecified atom stereocenters. The Morgan fingerprint density at radius 1 is 1.06 bits per heavy atom. The third-order valence-corrected chi connectivity index (χ3v) is 5.60. The van der Waals surface area contributed by atoms with Crippen LogP contribution >= 0.6 is 11.6 Å². The molecule has 1 heterocycles. The van der Waals surface area contributed by atoms with Crippen molar-refractivity contribution in [3.05, 3.63) is 70.9 Å². The molecule has 0 aliphatic heterocycles. The lowest BCUT2D eigenvalue weighted by Gasteiger charge is -2.14. The van der Waals surface area contributed by atoms with E-state index in [9.17, 15) is 31.5 Å². The number of alkyl halides is 3. The Kier molecular flexibility index (Phi) is 7.22. The lowest BCUT2D eigenvalue weighted by molar-refractivity contribution is -0.0500. The molecule has 3 rings (SSSR count). The normalized spacial score (nSPS) is 11.7. The fraction of sp³-hybridized carbons (Fsp3) is 0.143. The number of pyridine rings is 1. The zero-order valence-electron chi connectivity index (χ0n) is 17.2. The van der Waals surface area contributed by atoms with E-state index in [0.29, 0.717) is 5.75 Å². The van der Waals surface area contributed by atoms with Crippen LogP contribution in [0.1, 0.15) is 16.1 Å². The number of hydrogen-bond donors (Lipinski definition) is 1. The number of hydrogen-bond acceptors (Lipinski definition) is 7. The molecule has 0 atom stereocenters. The number of ether oxygens (including phenoxy) is 2. The Labute approximate surface area is 196 Å². The van der Waals surface area contributed by atoms with Gasteiger partial charge >= 0.3 is 21.6 Å². The summed E-state index contributed by atoms with van der Waals surface area (Å²) in [6.45, 7) is 0.0571. The van der Waals surface area contributed by atoms with Gasteiger partial charge in [-0.2, -0.15) is 21.6 Å². The van der Waals surface area contributed by atoms with Crippen molar-refractivity contribution in [3.63, 3.8) is 0 Å². The summed E-state index contributed by atoms with van der Waals surface area (Å²) < 4.78 is 76.4. The summed E-state index contributed by atoms with van der Waals surface area (Å²) in [5.41, 5.74) is -5.98. The Morgan fingerprint density at radius 2 is 1.74 bits per heavy atom. The number of nitrogens with zero attached hydrogens (tertiary/aromatic N) is 1. The molecule has 1 N–H and O–H groups in total. The molecule has 0 radical (unpaired) electrons. The van der Waals surface area contributed by atoms with Crippen LogP contribution in [0.2, 0.25) is 5.02 Å². The zero-order valence-corrected chi connectivity index (χ0v) is 18.7. The minimum absolute atomic E-state index is 0.00426. The largest absolute Gasteiger partial charge is 0.534 e. The minimum Gasteiger partial charge on any atom is -0.497 e. The van der Waals surface area contributed by atoms with Crippen LogP contribution in [0.3, 0.4) is 0 Å². The summed E-state index contributed by atoms with van der Waals surface area (Å²) >= 11 is 6.15. The quantitative estimate of drug-likeness (QED) is 0.331. The van der Waals surface area contributed by atoms with Crippen molar-refractivity contribution >= 4 is 27.7 Å². The van der Waals surface area contributed by atoms with Crippen molar-refractivity contribution in [1.29, 1.82) is 0 Å². The van der Waals surface area contributed by atoms with E-state index < -0.39 is 38.7 Å². The van der Waals surface area contributed by atoms with Gasteiger partial charge in [0, 0.05) is 5.56 Å². The molecule has 0 saturated carbocycles. The van der Waals surface area contributed by atoms with Crippen LogP contribution in [0.25, 0.3) is 11.3 Å². The van der Waals surface area contributed by atoms with Gasteiger partial charge in [0.1, 0.15) is 29.5 Å². The van der Waals surface area contributed by atoms with Gasteiger partial charge in [-0.3, -0.25) is 0 Å². The number of carboxylic acid groups (broad SMARTS) is 1. The number of methoxy groups -OCH3 is 1. The van der Waals surface area contributed by atoms with Crippen molar-refractivity contribution in [2.75, 3.05) is 7.11 Å². The molecular formula is C21H15ClF3NO7S. The van der Waals surface area contributed by atoms with E-state index in [1.165, 1.54) is 25.3 Å². The molecule has 0 saturated heterocycles. The third-order valence-electron chi connectivity index (χ3n) is 4.32. The van der Waals surface area contributed by atoms with E-state index in [4.69, 9.17) is 21.1 Å². The second-order valence-corrected chi connectivity index (χ2v) is 8.56. The Hall–Kier alpha value is -3.51. The molecule has 0 spiro atoms. The summed E-state index contributed by atoms with van der Waals surface area (Å²) in [5, 5.41) is 9.34. The number of halogens is 4. The van der Waals surface area contributed by atoms with Crippen LogP contribution in [-0.2, 0) is 16.7 Å². The Balaban J connectivity index is 1.99. The predicted octanol–water partition coefficient (Wildman–Crippen LogP) is 4.92. The SMILES string of the molecule is COc1ccc(COc2cc(-c3nc(C(=O)O)ccc3OS(=O)(=O)C(F)(F)F)ccc2Cl)cc1. The number of carboxylic acids is 1. The molecule has 0 aliphatic carbocycles. The molecule has 0 amide bonds. The van der Waals surface area contributed by atoms with Crippen molar-refractivity contribution in [3.8, 4) is 28.5 Å². The zero-order chi connectivity index (χ0) is 25.1. The average Bonchev–Trinajstić information content (AvgIpc) is 2.78.